The minimum absolute atomic E-state index is 0.00846. The van der Waals surface area contributed by atoms with Crippen molar-refractivity contribution in [2.24, 2.45) is 111 Å². The molecule has 41 heteroatoms. The van der Waals surface area contributed by atoms with E-state index < -0.39 is 138 Å². The van der Waals surface area contributed by atoms with E-state index in [-0.39, 0.29) is 184 Å². The second-order valence-corrected chi connectivity index (χ2v) is 25.0. The molecule has 1 saturated heterocycles. The Kier molecular flexibility index (Phi) is 43.3. The maximum absolute atomic E-state index is 14.8. The Morgan fingerprint density at radius 2 is 0.673 bits per heavy atom. The smallest absolute Gasteiger partial charge is 0.243 e. The Morgan fingerprint density at radius 1 is 0.396 bits per heavy atom. The summed E-state index contributed by atoms with van der Waals surface area (Å²) >= 11 is 0. The van der Waals surface area contributed by atoms with Crippen molar-refractivity contribution in [1.82, 2.24) is 52.8 Å². The number of primary amides is 1. The molecule has 0 aromatic carbocycles. The fraction of sp³-hybridized carbons (Fsp3) is 0.733. The van der Waals surface area contributed by atoms with Crippen LogP contribution in [0, 0.1) is 5.92 Å². The van der Waals surface area contributed by atoms with Crippen LogP contribution >= 0.6 is 0 Å². The fourth-order valence-corrected chi connectivity index (χ4v) is 10.4. The number of hydrogen-bond acceptors (Lipinski definition) is 20. The summed E-state index contributed by atoms with van der Waals surface area (Å²) in [5, 5.41) is 33.9. The number of rotatable bonds is 51. The van der Waals surface area contributed by atoms with Crippen molar-refractivity contribution in [3.05, 3.63) is 0 Å². The molecule has 0 radical (unpaired) electrons. The molecule has 1 fully saturated rings. The van der Waals surface area contributed by atoms with Crippen LogP contribution in [0.2, 0.25) is 0 Å². The summed E-state index contributed by atoms with van der Waals surface area (Å²) in [7, 11) is 0. The highest BCUT2D eigenvalue weighted by Gasteiger charge is 2.40. The van der Waals surface area contributed by atoms with Gasteiger partial charge in [0.1, 0.15) is 66.5 Å². The number of unbranched alkanes of at least 4 members (excludes halogenated alkanes) is 2. The number of nitrogens with one attached hydrogen (secondary N) is 9. The van der Waals surface area contributed by atoms with Gasteiger partial charge in [0.25, 0.3) is 0 Å². The van der Waals surface area contributed by atoms with Crippen LogP contribution in [-0.4, -0.2) is 230 Å². The topological polar surface area (TPSA) is 746 Å². The van der Waals surface area contributed by atoms with E-state index >= 15 is 0 Å². The number of carbonyl (C=O) groups is 11. The first-order valence-electron chi connectivity index (χ1n) is 34.1. The third-order valence-electron chi connectivity index (χ3n) is 15.8. The molecule has 11 amide bonds. The third kappa shape index (κ3) is 37.4. The molecule has 41 nitrogen and oxygen atoms in total. The van der Waals surface area contributed by atoms with E-state index in [0.29, 0.717) is 25.7 Å². The van der Waals surface area contributed by atoms with Crippen LogP contribution in [-0.2, 0) is 52.7 Å². The van der Waals surface area contributed by atoms with Crippen molar-refractivity contribution in [1.29, 1.82) is 0 Å². The van der Waals surface area contributed by atoms with Crippen molar-refractivity contribution in [2.75, 3.05) is 52.4 Å². The van der Waals surface area contributed by atoms with Gasteiger partial charge in [-0.05, 0) is 155 Å². The van der Waals surface area contributed by atoms with E-state index in [2.05, 4.69) is 72.8 Å². The summed E-state index contributed by atoms with van der Waals surface area (Å²) in [5.74, 6) is -10.4. The van der Waals surface area contributed by atoms with Crippen LogP contribution in [0.3, 0.4) is 0 Å². The molecule has 12 atom stereocenters. The van der Waals surface area contributed by atoms with Crippen LogP contribution < -0.4 is 128 Å². The predicted octanol–water partition coefficient (Wildman–Crippen LogP) is -9.87. The molecule has 101 heavy (non-hydrogen) atoms. The molecule has 0 aromatic rings. The van der Waals surface area contributed by atoms with Gasteiger partial charge in [0.05, 0.1) is 6.10 Å². The van der Waals surface area contributed by atoms with E-state index in [9.17, 15) is 57.8 Å². The second-order valence-electron chi connectivity index (χ2n) is 25.0. The number of hydrogen-bond donors (Lipinski definition) is 24. The molecule has 0 spiro atoms. The minimum Gasteiger partial charge on any atom is -0.391 e. The lowest BCUT2D eigenvalue weighted by Gasteiger charge is -2.29. The highest BCUT2D eigenvalue weighted by Crippen LogP contribution is 2.20. The Balaban J connectivity index is 3.82. The Morgan fingerprint density at radius 3 is 0.950 bits per heavy atom. The zero-order valence-electron chi connectivity index (χ0n) is 58.8. The van der Waals surface area contributed by atoms with E-state index in [4.69, 9.17) is 80.3 Å². The van der Waals surface area contributed by atoms with Crippen molar-refractivity contribution in [3.63, 3.8) is 0 Å². The third-order valence-corrected chi connectivity index (χ3v) is 15.8. The molecular formula is C60H117N29O12. The number of aliphatic hydroxyl groups is 1. The van der Waals surface area contributed by atoms with Crippen molar-refractivity contribution in [2.45, 2.75) is 222 Å². The number of likely N-dealkylation sites (tertiary alicyclic amines) is 1. The molecule has 0 saturated carbocycles. The van der Waals surface area contributed by atoms with Gasteiger partial charge in [-0.3, -0.25) is 77.7 Å². The van der Waals surface area contributed by atoms with E-state index in [1.165, 1.54) is 18.7 Å². The van der Waals surface area contributed by atoms with Gasteiger partial charge in [-0.1, -0.05) is 13.8 Å². The monoisotopic (exact) mass is 1440 g/mol. The number of aliphatic hydroxyl groups excluding tert-OH is 1. The highest BCUT2D eigenvalue weighted by molar-refractivity contribution is 5.99. The minimum atomic E-state index is -1.51. The number of aliphatic imine (C=N–C) groups is 5. The quantitative estimate of drug-likeness (QED) is 0.0153. The maximum Gasteiger partial charge on any atom is 0.243 e. The van der Waals surface area contributed by atoms with E-state index in [1.807, 2.05) is 13.8 Å². The van der Waals surface area contributed by atoms with E-state index in [1.54, 1.807) is 0 Å². The second kappa shape index (κ2) is 49.0. The van der Waals surface area contributed by atoms with Crippen LogP contribution in [0.4, 0.5) is 0 Å². The lowest BCUT2D eigenvalue weighted by atomic mass is 10.0. The SMILES string of the molecule is CC(C)C[C@H](NC(=O)[C@H](CCCN=C(N)N)NC(=O)[C@H](CCCCN)NC(=O)[C@H](CCCCN)NC(=O)[C@H](CCCN=C(N)N)NC(=O)[C@H](CCCN=C(N)N)NC(=O)[C@H](CCCN=C(N)N)NC(=O)[C@H](C)NC(=O)[C@H](CCCN=C(N)N)NC(=O)[C@@H]1CCCN1C(=O)[C@@H](N)[C@@H](C)O)C(N)=O. The molecule has 1 heterocycles. The Bertz CT molecular complexity index is 2800. The van der Waals surface area contributed by atoms with Crippen molar-refractivity contribution in [3.8, 4) is 0 Å². The first kappa shape index (κ1) is 89.4. The van der Waals surface area contributed by atoms with E-state index in [0.717, 1.165) is 0 Å². The van der Waals surface area contributed by atoms with Crippen LogP contribution in [0.1, 0.15) is 150 Å². The average Bonchev–Trinajstić information content (AvgIpc) is 1.76. The maximum atomic E-state index is 14.8. The van der Waals surface area contributed by atoms with Gasteiger partial charge in [-0.2, -0.15) is 0 Å². The lowest BCUT2D eigenvalue weighted by molar-refractivity contribution is -0.142. The van der Waals surface area contributed by atoms with Crippen molar-refractivity contribution >= 4 is 94.8 Å². The van der Waals surface area contributed by atoms with Crippen LogP contribution in [0.5, 0.6) is 0 Å². The summed E-state index contributed by atoms with van der Waals surface area (Å²) in [5.41, 5.74) is 78.8. The first-order valence-corrected chi connectivity index (χ1v) is 34.1. The molecule has 0 aliphatic carbocycles. The number of carbonyl (C=O) groups excluding carboxylic acids is 11. The predicted molar refractivity (Wildman–Crippen MR) is 381 cm³/mol. The molecule has 1 rings (SSSR count). The molecule has 0 aromatic heterocycles. The molecule has 38 N–H and O–H groups in total. The van der Waals surface area contributed by atoms with Crippen LogP contribution in [0.25, 0.3) is 0 Å². The molecule has 574 valence electrons. The number of nitrogens with two attached hydrogens (primary N) is 14. The zero-order chi connectivity index (χ0) is 76.3. The van der Waals surface area contributed by atoms with Gasteiger partial charge >= 0.3 is 0 Å². The van der Waals surface area contributed by atoms with Gasteiger partial charge in [-0.15, -0.1) is 0 Å². The van der Waals surface area contributed by atoms with Gasteiger partial charge in [0, 0.05) is 39.3 Å². The average molecular weight is 1440 g/mol. The molecule has 1 aliphatic rings. The number of nitrogens with zero attached hydrogens (tertiary/aromatic N) is 6. The van der Waals surface area contributed by atoms with Gasteiger partial charge in [0.15, 0.2) is 29.8 Å². The highest BCUT2D eigenvalue weighted by atomic mass is 16.3. The fourth-order valence-electron chi connectivity index (χ4n) is 10.4. The van der Waals surface area contributed by atoms with Crippen LogP contribution in [0.15, 0.2) is 25.0 Å². The Hall–Kier alpha value is -9.64. The molecule has 0 unspecified atom stereocenters. The summed E-state index contributed by atoms with van der Waals surface area (Å²) < 4.78 is 0. The summed E-state index contributed by atoms with van der Waals surface area (Å²) in [4.78, 5) is 176. The zero-order valence-corrected chi connectivity index (χ0v) is 58.8. The van der Waals surface area contributed by atoms with Crippen molar-refractivity contribution < 1.29 is 57.8 Å². The van der Waals surface area contributed by atoms with Gasteiger partial charge < -0.3 is 138 Å². The molecule has 0 bridgehead atoms. The number of guanidine groups is 5. The van der Waals surface area contributed by atoms with Gasteiger partial charge in [0.2, 0.25) is 65.0 Å². The summed E-state index contributed by atoms with van der Waals surface area (Å²) in [6.07, 6.45) is 0.912. The molecule has 1 aliphatic heterocycles. The first-order chi connectivity index (χ1) is 47.6. The standard InChI is InChI=1S/C60H117N29O12/c1-32(2)31-42(45(64)91)88-53(99)41(21-13-29-79-60(73)74)86-49(95)36(16-6-8-24-62)82-48(94)35(15-5-7-23-61)83-51(97)39(19-11-27-77-58(69)70)85-52(98)40(20-12-28-78-59(71)72)84-50(96)38(18-10-26-76-57(67)68)81-46(92)33(3)80-47(93)37(17-9-25-75-56(65)66)87-54(100)43-22-14-30-89(43)55(101)44(63)34(4)90/h32-44,90H,5-31,61-63H2,1-4H3,(H2,64,91)(H,80,93)(H,81,92)(H,82,94)(H,83,97)(H,84,96)(H,85,98)(H,86,95)(H,87,100)(H,88,99)(H4,65,66,75)(H4,67,68,76)(H4,69,70,77)(H4,71,72,78)(H4,73,74,79)/t33-,34+,35-,36-,37-,38-,39-,40-,41-,42-,43-,44-/m0/s1. The summed E-state index contributed by atoms with van der Waals surface area (Å²) in [6.45, 7) is 6.87. The summed E-state index contributed by atoms with van der Waals surface area (Å²) in [6, 6.07) is -14.7. The molecular weight excluding hydrogens is 1320 g/mol. The lowest BCUT2D eigenvalue weighted by Crippen LogP contribution is -2.60. The largest absolute Gasteiger partial charge is 0.391 e. The van der Waals surface area contributed by atoms with Gasteiger partial charge in [-0.25, -0.2) is 0 Å². The normalized spacial score (nSPS) is 15.8. The Labute approximate surface area is 589 Å². The number of amides is 11.